The predicted molar refractivity (Wildman–Crippen MR) is 61.6 cm³/mol. The van der Waals surface area contributed by atoms with E-state index in [1.54, 1.807) is 11.9 Å². The van der Waals surface area contributed by atoms with E-state index in [1.807, 2.05) is 13.8 Å². The number of carbonyl (C=O) groups excluding carboxylic acids is 2. The lowest BCUT2D eigenvalue weighted by molar-refractivity contribution is -0.134. The lowest BCUT2D eigenvalue weighted by Gasteiger charge is -2.31. The molecule has 1 unspecified atom stereocenters. The summed E-state index contributed by atoms with van der Waals surface area (Å²) in [6.45, 7) is 4.41. The second-order valence-electron chi connectivity index (χ2n) is 4.79. The normalized spacial score (nSPS) is 23.4. The van der Waals surface area contributed by atoms with Crippen LogP contribution in [0.3, 0.4) is 0 Å². The highest BCUT2D eigenvalue weighted by atomic mass is 16.2. The molecule has 1 aliphatic rings. The topological polar surface area (TPSA) is 75.4 Å². The van der Waals surface area contributed by atoms with Gasteiger partial charge in [-0.05, 0) is 12.3 Å². The second-order valence-corrected chi connectivity index (χ2v) is 4.79. The van der Waals surface area contributed by atoms with Gasteiger partial charge in [-0.15, -0.1) is 0 Å². The van der Waals surface area contributed by atoms with Crippen molar-refractivity contribution in [2.75, 3.05) is 13.6 Å². The molecular formula is C11H21N3O2. The third kappa shape index (κ3) is 3.20. The number of amides is 2. The molecule has 5 heteroatoms. The minimum Gasteiger partial charge on any atom is -0.350 e. The number of rotatable bonds is 3. The van der Waals surface area contributed by atoms with Gasteiger partial charge in [0.25, 0.3) is 0 Å². The third-order valence-electron chi connectivity index (χ3n) is 2.99. The van der Waals surface area contributed by atoms with Crippen LogP contribution in [0.1, 0.15) is 26.7 Å². The summed E-state index contributed by atoms with van der Waals surface area (Å²) in [5.41, 5.74) is 5.75. The van der Waals surface area contributed by atoms with Gasteiger partial charge in [0.05, 0.1) is 6.04 Å². The molecule has 0 aliphatic carbocycles. The number of hydrogen-bond acceptors (Lipinski definition) is 3. The van der Waals surface area contributed by atoms with Crippen molar-refractivity contribution in [2.24, 2.45) is 11.7 Å². The van der Waals surface area contributed by atoms with Crippen molar-refractivity contribution in [1.82, 2.24) is 10.2 Å². The Morgan fingerprint density at radius 3 is 2.69 bits per heavy atom. The molecule has 0 spiro atoms. The molecule has 0 aromatic rings. The van der Waals surface area contributed by atoms with Crippen molar-refractivity contribution in [1.29, 1.82) is 0 Å². The Balaban J connectivity index is 2.43. The van der Waals surface area contributed by atoms with Crippen LogP contribution in [-0.4, -0.2) is 42.4 Å². The van der Waals surface area contributed by atoms with Crippen LogP contribution in [0, 0.1) is 5.92 Å². The fraction of sp³-hybridized carbons (Fsp3) is 0.818. The van der Waals surface area contributed by atoms with Gasteiger partial charge in [-0.3, -0.25) is 9.59 Å². The lowest BCUT2D eigenvalue weighted by Crippen LogP contribution is -2.53. The summed E-state index contributed by atoms with van der Waals surface area (Å²) in [5.74, 6) is 0.143. The first-order valence-electron chi connectivity index (χ1n) is 5.71. The quantitative estimate of drug-likeness (QED) is 0.695. The fourth-order valence-corrected chi connectivity index (χ4v) is 1.73. The summed E-state index contributed by atoms with van der Waals surface area (Å²) in [6, 6.07) is -0.428. The first-order chi connectivity index (χ1) is 7.41. The van der Waals surface area contributed by atoms with Gasteiger partial charge in [0.15, 0.2) is 0 Å². The maximum Gasteiger partial charge on any atom is 0.237 e. The highest BCUT2D eigenvalue weighted by Gasteiger charge is 2.26. The molecule has 1 aliphatic heterocycles. The van der Waals surface area contributed by atoms with Crippen molar-refractivity contribution in [2.45, 2.75) is 38.8 Å². The van der Waals surface area contributed by atoms with Gasteiger partial charge < -0.3 is 16.0 Å². The van der Waals surface area contributed by atoms with Crippen molar-refractivity contribution in [3.05, 3.63) is 0 Å². The summed E-state index contributed by atoms with van der Waals surface area (Å²) in [4.78, 5) is 24.6. The van der Waals surface area contributed by atoms with Gasteiger partial charge in [-0.1, -0.05) is 13.8 Å². The molecule has 0 saturated carbocycles. The van der Waals surface area contributed by atoms with Crippen molar-refractivity contribution >= 4 is 11.8 Å². The number of piperidine rings is 1. The summed E-state index contributed by atoms with van der Waals surface area (Å²) < 4.78 is 0. The van der Waals surface area contributed by atoms with Crippen LogP contribution in [0.4, 0.5) is 0 Å². The van der Waals surface area contributed by atoms with Gasteiger partial charge in [0.2, 0.25) is 11.8 Å². The maximum atomic E-state index is 11.7. The molecule has 16 heavy (non-hydrogen) atoms. The molecular weight excluding hydrogens is 206 g/mol. The van der Waals surface area contributed by atoms with E-state index in [2.05, 4.69) is 5.32 Å². The van der Waals surface area contributed by atoms with E-state index in [0.717, 1.165) is 0 Å². The van der Waals surface area contributed by atoms with Crippen LogP contribution in [0.5, 0.6) is 0 Å². The molecule has 1 fully saturated rings. The molecule has 2 atom stereocenters. The van der Waals surface area contributed by atoms with Crippen molar-refractivity contribution in [3.8, 4) is 0 Å². The summed E-state index contributed by atoms with van der Waals surface area (Å²) in [7, 11) is 1.75. The van der Waals surface area contributed by atoms with E-state index >= 15 is 0 Å². The summed E-state index contributed by atoms with van der Waals surface area (Å²) in [6.07, 6.45) is 1.21. The van der Waals surface area contributed by atoms with E-state index < -0.39 is 6.04 Å². The second kappa shape index (κ2) is 5.30. The summed E-state index contributed by atoms with van der Waals surface area (Å²) >= 11 is 0. The molecule has 3 N–H and O–H groups in total. The van der Waals surface area contributed by atoms with Crippen LogP contribution in [-0.2, 0) is 9.59 Å². The number of likely N-dealkylation sites (N-methyl/N-ethyl adjacent to an activating group) is 1. The Bertz CT molecular complexity index is 278. The molecule has 1 rings (SSSR count). The zero-order valence-corrected chi connectivity index (χ0v) is 10.2. The van der Waals surface area contributed by atoms with Crippen LogP contribution < -0.4 is 11.1 Å². The van der Waals surface area contributed by atoms with E-state index in [4.69, 9.17) is 5.73 Å². The monoisotopic (exact) mass is 227 g/mol. The van der Waals surface area contributed by atoms with Gasteiger partial charge in [0, 0.05) is 26.1 Å². The molecule has 0 bridgehead atoms. The molecule has 0 aromatic heterocycles. The van der Waals surface area contributed by atoms with E-state index in [9.17, 15) is 9.59 Å². The zero-order chi connectivity index (χ0) is 12.3. The van der Waals surface area contributed by atoms with E-state index in [0.29, 0.717) is 19.4 Å². The molecule has 1 saturated heterocycles. The molecule has 2 amide bonds. The average molecular weight is 227 g/mol. The number of carbonyl (C=O) groups is 2. The Hall–Kier alpha value is -1.10. The fourth-order valence-electron chi connectivity index (χ4n) is 1.73. The largest absolute Gasteiger partial charge is 0.350 e. The summed E-state index contributed by atoms with van der Waals surface area (Å²) in [5, 5.41) is 2.89. The number of nitrogens with one attached hydrogen (secondary N) is 1. The number of nitrogens with two attached hydrogens (primary N) is 1. The highest BCUT2D eigenvalue weighted by molar-refractivity contribution is 5.82. The van der Waals surface area contributed by atoms with Gasteiger partial charge in [-0.2, -0.15) is 0 Å². The average Bonchev–Trinajstić information content (AvgIpc) is 2.22. The van der Waals surface area contributed by atoms with Gasteiger partial charge in [0.1, 0.15) is 0 Å². The first-order valence-corrected chi connectivity index (χ1v) is 5.71. The maximum absolute atomic E-state index is 11.7. The molecule has 5 nitrogen and oxygen atoms in total. The number of likely N-dealkylation sites (tertiary alicyclic amines) is 1. The minimum atomic E-state index is -0.470. The SMILES string of the molecule is CC(C)[C@@H](N)C(=O)NC1CCC(=O)N(C)C1. The van der Waals surface area contributed by atoms with Crippen LogP contribution in [0.2, 0.25) is 0 Å². The minimum absolute atomic E-state index is 0.0417. The molecule has 92 valence electrons. The van der Waals surface area contributed by atoms with Crippen molar-refractivity contribution in [3.63, 3.8) is 0 Å². The number of nitrogens with zero attached hydrogens (tertiary/aromatic N) is 1. The molecule has 0 aromatic carbocycles. The smallest absolute Gasteiger partial charge is 0.237 e. The first kappa shape index (κ1) is 13.0. The van der Waals surface area contributed by atoms with Crippen LogP contribution in [0.25, 0.3) is 0 Å². The lowest BCUT2D eigenvalue weighted by atomic mass is 10.0. The van der Waals surface area contributed by atoms with Crippen LogP contribution in [0.15, 0.2) is 0 Å². The Morgan fingerprint density at radius 1 is 1.56 bits per heavy atom. The van der Waals surface area contributed by atoms with E-state index in [1.165, 1.54) is 0 Å². The van der Waals surface area contributed by atoms with Gasteiger partial charge >= 0.3 is 0 Å². The predicted octanol–water partition coefficient (Wildman–Crippen LogP) is -0.293. The van der Waals surface area contributed by atoms with Gasteiger partial charge in [-0.25, -0.2) is 0 Å². The van der Waals surface area contributed by atoms with Crippen LogP contribution >= 0.6 is 0 Å². The third-order valence-corrected chi connectivity index (χ3v) is 2.99. The standard InChI is InChI=1S/C11H21N3O2/c1-7(2)10(12)11(16)13-8-4-5-9(15)14(3)6-8/h7-8,10H,4-6,12H2,1-3H3,(H,13,16)/t8?,10-/m1/s1. The Kier molecular flexibility index (Phi) is 4.29. The highest BCUT2D eigenvalue weighted by Crippen LogP contribution is 2.10. The van der Waals surface area contributed by atoms with E-state index in [-0.39, 0.29) is 23.8 Å². The number of hydrogen-bond donors (Lipinski definition) is 2. The Morgan fingerprint density at radius 2 is 2.19 bits per heavy atom. The zero-order valence-electron chi connectivity index (χ0n) is 10.2. The molecule has 0 radical (unpaired) electrons. The molecule has 1 heterocycles. The Labute approximate surface area is 96.4 Å². The van der Waals surface area contributed by atoms with Crippen molar-refractivity contribution < 1.29 is 9.59 Å².